The van der Waals surface area contributed by atoms with E-state index < -0.39 is 0 Å². The number of nitrogens with one attached hydrogen (secondary N) is 1. The quantitative estimate of drug-likeness (QED) is 0.490. The summed E-state index contributed by atoms with van der Waals surface area (Å²) in [5, 5.41) is 5.97. The van der Waals surface area contributed by atoms with Gasteiger partial charge in [0.15, 0.2) is 0 Å². The first-order chi connectivity index (χ1) is 16.1. The first kappa shape index (κ1) is 21.8. The van der Waals surface area contributed by atoms with Gasteiger partial charge in [0.25, 0.3) is 5.91 Å². The zero-order chi connectivity index (χ0) is 22.8. The zero-order valence-corrected chi connectivity index (χ0v) is 19.7. The van der Waals surface area contributed by atoms with E-state index in [-0.39, 0.29) is 11.8 Å². The Hall–Kier alpha value is -2.99. The number of benzene rings is 2. The summed E-state index contributed by atoms with van der Waals surface area (Å²) in [5.41, 5.74) is 4.96. The van der Waals surface area contributed by atoms with Gasteiger partial charge in [-0.3, -0.25) is 9.59 Å². The van der Waals surface area contributed by atoms with Crippen LogP contribution in [0.2, 0.25) is 0 Å². The lowest BCUT2D eigenvalue weighted by Crippen LogP contribution is -2.34. The minimum Gasteiger partial charge on any atom is -0.349 e. The summed E-state index contributed by atoms with van der Waals surface area (Å²) in [6, 6.07) is 16.8. The van der Waals surface area contributed by atoms with Crippen molar-refractivity contribution in [1.82, 2.24) is 15.2 Å². The topological polar surface area (TPSA) is 62.3 Å². The number of hydrogen-bond acceptors (Lipinski definition) is 4. The van der Waals surface area contributed by atoms with Crippen molar-refractivity contribution in [2.75, 3.05) is 0 Å². The van der Waals surface area contributed by atoms with Gasteiger partial charge in [0.05, 0.1) is 12.1 Å². The number of thiazole rings is 1. The number of amides is 2. The number of hydrogen-bond donors (Lipinski definition) is 1. The van der Waals surface area contributed by atoms with E-state index in [9.17, 15) is 9.59 Å². The second-order valence-electron chi connectivity index (χ2n) is 9.07. The van der Waals surface area contributed by atoms with Crippen molar-refractivity contribution < 1.29 is 9.59 Å². The Morgan fingerprint density at radius 3 is 2.33 bits per heavy atom. The Kier molecular flexibility index (Phi) is 6.27. The normalized spacial score (nSPS) is 15.3. The van der Waals surface area contributed by atoms with Crippen molar-refractivity contribution in [2.45, 2.75) is 64.1 Å². The van der Waals surface area contributed by atoms with Crippen LogP contribution in [0, 0.1) is 0 Å². The van der Waals surface area contributed by atoms with Crippen LogP contribution < -0.4 is 5.32 Å². The summed E-state index contributed by atoms with van der Waals surface area (Å²) >= 11 is 1.59. The molecule has 2 saturated carbocycles. The van der Waals surface area contributed by atoms with Gasteiger partial charge in [-0.25, -0.2) is 4.98 Å². The maximum atomic E-state index is 13.2. The third-order valence-corrected chi connectivity index (χ3v) is 7.22. The van der Waals surface area contributed by atoms with Gasteiger partial charge in [-0.1, -0.05) is 43.3 Å². The molecule has 2 amide bonds. The van der Waals surface area contributed by atoms with E-state index in [1.54, 1.807) is 11.3 Å². The van der Waals surface area contributed by atoms with Crippen LogP contribution in [0.15, 0.2) is 53.9 Å². The van der Waals surface area contributed by atoms with Gasteiger partial charge in [0, 0.05) is 35.1 Å². The van der Waals surface area contributed by atoms with Gasteiger partial charge < -0.3 is 10.2 Å². The van der Waals surface area contributed by atoms with E-state index in [2.05, 4.69) is 36.5 Å². The fraction of sp³-hybridized carbons (Fsp3) is 0.370. The molecular formula is C27H29N3O2S. The predicted molar refractivity (Wildman–Crippen MR) is 131 cm³/mol. The molecule has 0 bridgehead atoms. The summed E-state index contributed by atoms with van der Waals surface area (Å²) in [5.74, 6) is 0.106. The third-order valence-electron chi connectivity index (χ3n) is 6.28. The van der Waals surface area contributed by atoms with Gasteiger partial charge >= 0.3 is 0 Å². The van der Waals surface area contributed by atoms with Crippen molar-refractivity contribution in [3.63, 3.8) is 0 Å². The van der Waals surface area contributed by atoms with Crippen molar-refractivity contribution in [1.29, 1.82) is 0 Å². The number of rotatable bonds is 9. The molecule has 5 nitrogen and oxygen atoms in total. The van der Waals surface area contributed by atoms with Crippen molar-refractivity contribution in [3.05, 3.63) is 76.3 Å². The van der Waals surface area contributed by atoms with Crippen LogP contribution >= 0.6 is 11.3 Å². The average molecular weight is 460 g/mol. The van der Waals surface area contributed by atoms with Crippen LogP contribution in [0.3, 0.4) is 0 Å². The maximum Gasteiger partial charge on any atom is 0.251 e. The van der Waals surface area contributed by atoms with Gasteiger partial charge in [0.1, 0.15) is 5.01 Å². The molecule has 0 atom stereocenters. The maximum absolute atomic E-state index is 13.2. The van der Waals surface area contributed by atoms with Crippen LogP contribution in [0.25, 0.3) is 10.6 Å². The lowest BCUT2D eigenvalue weighted by atomic mass is 10.1. The van der Waals surface area contributed by atoms with E-state index in [0.29, 0.717) is 30.6 Å². The number of nitrogens with zero attached hydrogens (tertiary/aromatic N) is 2. The van der Waals surface area contributed by atoms with E-state index in [0.717, 1.165) is 53.9 Å². The molecule has 0 spiro atoms. The number of carbonyl (C=O) groups excluding carboxylic acids is 2. The van der Waals surface area contributed by atoms with Gasteiger partial charge in [-0.2, -0.15) is 0 Å². The summed E-state index contributed by atoms with van der Waals surface area (Å²) in [4.78, 5) is 32.1. The van der Waals surface area contributed by atoms with Crippen LogP contribution in [0.5, 0.6) is 0 Å². The minimum atomic E-state index is -0.0113. The molecule has 1 aromatic heterocycles. The molecule has 1 heterocycles. The molecule has 0 radical (unpaired) electrons. The molecular weight excluding hydrogens is 430 g/mol. The molecule has 2 aromatic carbocycles. The Bertz CT molecular complexity index is 1130. The van der Waals surface area contributed by atoms with E-state index in [4.69, 9.17) is 4.98 Å². The lowest BCUT2D eigenvalue weighted by Gasteiger charge is -2.22. The molecule has 33 heavy (non-hydrogen) atoms. The summed E-state index contributed by atoms with van der Waals surface area (Å²) in [6.07, 6.45) is 5.61. The molecule has 170 valence electrons. The first-order valence-electron chi connectivity index (χ1n) is 11.8. The summed E-state index contributed by atoms with van der Waals surface area (Å²) in [6.45, 7) is 2.72. The van der Waals surface area contributed by atoms with Crippen molar-refractivity contribution in [3.8, 4) is 10.6 Å². The molecule has 0 aliphatic heterocycles. The molecule has 0 unspecified atom stereocenters. The highest BCUT2D eigenvalue weighted by molar-refractivity contribution is 7.13. The molecule has 6 heteroatoms. The van der Waals surface area contributed by atoms with Gasteiger partial charge in [0.2, 0.25) is 5.91 Å². The monoisotopic (exact) mass is 459 g/mol. The van der Waals surface area contributed by atoms with Crippen LogP contribution in [0.1, 0.15) is 59.8 Å². The van der Waals surface area contributed by atoms with Crippen molar-refractivity contribution in [2.24, 2.45) is 0 Å². The number of carbonyl (C=O) groups is 2. The standard InChI is InChI=1S/C27H29N3O2S/c1-2-18-3-9-21(10-4-18)27-29-23(17-33-27)15-25(31)30(24-13-14-24)16-19-5-7-20(8-6-19)26(32)28-22-11-12-22/h3-10,17,22,24H,2,11-16H2,1H3,(H,28,32). The van der Waals surface area contributed by atoms with Crippen LogP contribution in [-0.2, 0) is 24.2 Å². The van der Waals surface area contributed by atoms with Gasteiger partial charge in [-0.15, -0.1) is 11.3 Å². The molecule has 0 saturated heterocycles. The smallest absolute Gasteiger partial charge is 0.251 e. The molecule has 2 fully saturated rings. The van der Waals surface area contributed by atoms with Gasteiger partial charge in [-0.05, 0) is 55.4 Å². The fourth-order valence-corrected chi connectivity index (χ4v) is 4.75. The Morgan fingerprint density at radius 1 is 1.00 bits per heavy atom. The SMILES string of the molecule is CCc1ccc(-c2nc(CC(=O)N(Cc3ccc(C(=O)NC4CC4)cc3)C3CC3)cs2)cc1. The second kappa shape index (κ2) is 9.48. The van der Waals surface area contributed by atoms with E-state index >= 15 is 0 Å². The van der Waals surface area contributed by atoms with E-state index in [1.807, 2.05) is 34.5 Å². The van der Waals surface area contributed by atoms with E-state index in [1.165, 1.54) is 5.56 Å². The average Bonchev–Trinajstić information content (AvgIpc) is 3.78. The predicted octanol–water partition coefficient (Wildman–Crippen LogP) is 5.00. The second-order valence-corrected chi connectivity index (χ2v) is 9.93. The zero-order valence-electron chi connectivity index (χ0n) is 18.9. The molecule has 1 N–H and O–H groups in total. The molecule has 3 aromatic rings. The van der Waals surface area contributed by atoms with Crippen LogP contribution in [0.4, 0.5) is 0 Å². The lowest BCUT2D eigenvalue weighted by molar-refractivity contribution is -0.131. The fourth-order valence-electron chi connectivity index (χ4n) is 3.92. The Labute approximate surface area is 198 Å². The number of aryl methyl sites for hydroxylation is 1. The molecule has 5 rings (SSSR count). The Balaban J connectivity index is 1.22. The van der Waals surface area contributed by atoms with Crippen molar-refractivity contribution >= 4 is 23.2 Å². The summed E-state index contributed by atoms with van der Waals surface area (Å²) in [7, 11) is 0. The highest BCUT2D eigenvalue weighted by atomic mass is 32.1. The minimum absolute atomic E-state index is 0.0113. The molecule has 2 aliphatic rings. The number of aromatic nitrogens is 1. The highest BCUT2D eigenvalue weighted by Gasteiger charge is 2.32. The molecule has 2 aliphatic carbocycles. The third kappa shape index (κ3) is 5.50. The first-order valence-corrected chi connectivity index (χ1v) is 12.7. The Morgan fingerprint density at radius 2 is 1.70 bits per heavy atom. The highest BCUT2D eigenvalue weighted by Crippen LogP contribution is 2.30. The largest absolute Gasteiger partial charge is 0.349 e. The summed E-state index contributed by atoms with van der Waals surface area (Å²) < 4.78 is 0. The van der Waals surface area contributed by atoms with Crippen LogP contribution in [-0.4, -0.2) is 33.8 Å².